The summed E-state index contributed by atoms with van der Waals surface area (Å²) in [6.45, 7) is 0. The molecule has 0 radical (unpaired) electrons. The van der Waals surface area contributed by atoms with Gasteiger partial charge in [-0.05, 0) is 17.2 Å². The van der Waals surface area contributed by atoms with Crippen molar-refractivity contribution in [2.24, 2.45) is 0 Å². The van der Waals surface area contributed by atoms with E-state index < -0.39 is 10.1 Å². The van der Waals surface area contributed by atoms with Gasteiger partial charge in [-0.15, -0.1) is 0 Å². The maximum absolute atomic E-state index is 11.2. The molecule has 0 atom stereocenters. The average molecular weight is 297 g/mol. The molecule has 0 aliphatic carbocycles. The quantitative estimate of drug-likeness (QED) is 0.353. The van der Waals surface area contributed by atoms with Crippen molar-refractivity contribution in [1.82, 2.24) is 0 Å². The van der Waals surface area contributed by atoms with Gasteiger partial charge in [-0.2, -0.15) is 0 Å². The van der Waals surface area contributed by atoms with Gasteiger partial charge in [0, 0.05) is 5.69 Å². The summed E-state index contributed by atoms with van der Waals surface area (Å²) in [5, 5.41) is 0. The van der Waals surface area contributed by atoms with Crippen LogP contribution in [0.15, 0.2) is 53.4 Å². The third kappa shape index (κ3) is 4.19. The van der Waals surface area contributed by atoms with Crippen LogP contribution >= 0.6 is 0 Å². The molecule has 0 fully saturated rings. The monoisotopic (exact) mass is 297 g/mol. The summed E-state index contributed by atoms with van der Waals surface area (Å²) in [5.74, 6) is 0. The number of nitrogen functional groups attached to an aromatic ring is 1. The van der Waals surface area contributed by atoms with Crippen LogP contribution in [0.1, 0.15) is 11.1 Å². The van der Waals surface area contributed by atoms with Crippen molar-refractivity contribution in [2.75, 3.05) is 5.73 Å². The van der Waals surface area contributed by atoms with Crippen LogP contribution in [0, 0.1) is 0 Å². The summed E-state index contributed by atoms with van der Waals surface area (Å²) < 4.78 is 33.6. The summed E-state index contributed by atoms with van der Waals surface area (Å²) >= 11 is 0. The first-order chi connectivity index (χ1) is 8.98. The van der Waals surface area contributed by atoms with Crippen LogP contribution in [0.3, 0.4) is 0 Å². The minimum Gasteiger partial charge on any atom is -0.744 e. The van der Waals surface area contributed by atoms with Gasteiger partial charge < -0.3 is 10.3 Å². The zero-order valence-electron chi connectivity index (χ0n) is 11.0. The molecule has 2 aromatic rings. The minimum atomic E-state index is -4.59. The molecular weight excluding hydrogens is 285 g/mol. The number of anilines is 1. The Hall–Kier alpha value is -1.11. The number of nitrogens with two attached hydrogens (primary N) is 1. The molecule has 0 bridgehead atoms. The second-order valence-corrected chi connectivity index (χ2v) is 5.28. The number of rotatable bonds is 3. The summed E-state index contributed by atoms with van der Waals surface area (Å²) in [6.07, 6.45) is 3.29. The topological polar surface area (TPSA) is 83.2 Å². The van der Waals surface area contributed by atoms with Gasteiger partial charge >= 0.3 is 29.6 Å². The molecule has 0 saturated carbocycles. The van der Waals surface area contributed by atoms with Crippen LogP contribution in [0.25, 0.3) is 12.2 Å². The number of benzene rings is 2. The van der Waals surface area contributed by atoms with Crippen LogP contribution in [0.4, 0.5) is 5.69 Å². The Morgan fingerprint density at radius 3 is 2.20 bits per heavy atom. The van der Waals surface area contributed by atoms with Gasteiger partial charge in [-0.1, -0.05) is 54.6 Å². The Kier molecular flexibility index (Phi) is 5.98. The normalized spacial score (nSPS) is 11.2. The van der Waals surface area contributed by atoms with Crippen molar-refractivity contribution in [2.45, 2.75) is 4.90 Å². The Morgan fingerprint density at radius 1 is 0.950 bits per heavy atom. The SMILES string of the molecule is Nc1cccc(C=Cc2ccccc2)c1S(=O)(=O)[O-].[Na+]. The molecule has 0 unspecified atom stereocenters. The van der Waals surface area contributed by atoms with Crippen molar-refractivity contribution in [3.05, 3.63) is 59.7 Å². The van der Waals surface area contributed by atoms with Gasteiger partial charge in [0.15, 0.2) is 0 Å². The van der Waals surface area contributed by atoms with Crippen molar-refractivity contribution in [3.8, 4) is 0 Å². The van der Waals surface area contributed by atoms with Crippen molar-refractivity contribution in [3.63, 3.8) is 0 Å². The van der Waals surface area contributed by atoms with E-state index in [-0.39, 0.29) is 40.1 Å². The Bertz CT molecular complexity index is 712. The van der Waals surface area contributed by atoms with E-state index in [0.29, 0.717) is 5.56 Å². The molecule has 98 valence electrons. The van der Waals surface area contributed by atoms with E-state index in [1.165, 1.54) is 6.07 Å². The predicted octanol–water partition coefficient (Wildman–Crippen LogP) is -0.653. The van der Waals surface area contributed by atoms with Gasteiger partial charge in [0.1, 0.15) is 10.1 Å². The van der Waals surface area contributed by atoms with E-state index in [4.69, 9.17) is 5.73 Å². The fraction of sp³-hybridized carbons (Fsp3) is 0. The summed E-state index contributed by atoms with van der Waals surface area (Å²) in [4.78, 5) is -0.373. The molecule has 2 N–H and O–H groups in total. The number of hydrogen-bond acceptors (Lipinski definition) is 4. The van der Waals surface area contributed by atoms with Gasteiger partial charge in [0.25, 0.3) is 0 Å². The molecule has 2 aromatic carbocycles. The first-order valence-electron chi connectivity index (χ1n) is 5.56. The molecule has 0 spiro atoms. The Labute approximate surface area is 140 Å². The third-order valence-corrected chi connectivity index (χ3v) is 3.55. The maximum Gasteiger partial charge on any atom is 1.00 e. The fourth-order valence-corrected chi connectivity index (χ4v) is 2.53. The molecular formula is C14H12NNaO3S. The van der Waals surface area contributed by atoms with Crippen LogP contribution in [-0.4, -0.2) is 13.0 Å². The average Bonchev–Trinajstić information content (AvgIpc) is 2.36. The molecule has 0 aromatic heterocycles. The van der Waals surface area contributed by atoms with E-state index in [0.717, 1.165) is 5.56 Å². The van der Waals surface area contributed by atoms with E-state index in [9.17, 15) is 13.0 Å². The second kappa shape index (κ2) is 7.06. The molecule has 0 aliphatic rings. The molecule has 0 saturated heterocycles. The van der Waals surface area contributed by atoms with E-state index in [1.54, 1.807) is 24.3 Å². The Balaban J connectivity index is 0.00000200. The standard InChI is InChI=1S/C14H13NO3S.Na/c15-13-8-4-7-12(14(13)19(16,17)18)10-9-11-5-2-1-3-6-11;/h1-10H,15H2,(H,16,17,18);/q;+1/p-1. The number of hydrogen-bond donors (Lipinski definition) is 1. The summed E-state index contributed by atoms with van der Waals surface area (Å²) in [5.41, 5.74) is 6.72. The fourth-order valence-electron chi connectivity index (χ4n) is 1.74. The van der Waals surface area contributed by atoms with E-state index in [2.05, 4.69) is 0 Å². The third-order valence-electron chi connectivity index (χ3n) is 2.58. The second-order valence-electron chi connectivity index (χ2n) is 3.96. The van der Waals surface area contributed by atoms with Crippen LogP contribution in [-0.2, 0) is 10.1 Å². The summed E-state index contributed by atoms with van der Waals surface area (Å²) in [6, 6.07) is 13.9. The first-order valence-corrected chi connectivity index (χ1v) is 6.97. The smallest absolute Gasteiger partial charge is 0.744 e. The first kappa shape index (κ1) is 16.9. The van der Waals surface area contributed by atoms with Gasteiger partial charge in [0.05, 0.1) is 4.90 Å². The largest absolute Gasteiger partial charge is 1.00 e. The molecule has 0 amide bonds. The van der Waals surface area contributed by atoms with Gasteiger partial charge in [-0.3, -0.25) is 0 Å². The van der Waals surface area contributed by atoms with Crippen molar-refractivity contribution < 1.29 is 42.5 Å². The Morgan fingerprint density at radius 2 is 1.60 bits per heavy atom. The van der Waals surface area contributed by atoms with Crippen LogP contribution < -0.4 is 35.3 Å². The molecule has 4 nitrogen and oxygen atoms in total. The molecule has 20 heavy (non-hydrogen) atoms. The zero-order chi connectivity index (χ0) is 13.9. The molecule has 6 heteroatoms. The van der Waals surface area contributed by atoms with Crippen molar-refractivity contribution >= 4 is 28.0 Å². The van der Waals surface area contributed by atoms with Crippen LogP contribution in [0.5, 0.6) is 0 Å². The zero-order valence-corrected chi connectivity index (χ0v) is 13.8. The predicted molar refractivity (Wildman–Crippen MR) is 74.2 cm³/mol. The van der Waals surface area contributed by atoms with Crippen LogP contribution in [0.2, 0.25) is 0 Å². The minimum absolute atomic E-state index is 0. The maximum atomic E-state index is 11.2. The molecule has 2 rings (SSSR count). The van der Waals surface area contributed by atoms with Gasteiger partial charge in [0.2, 0.25) is 0 Å². The van der Waals surface area contributed by atoms with E-state index >= 15 is 0 Å². The summed E-state index contributed by atoms with van der Waals surface area (Å²) in [7, 11) is -4.59. The van der Waals surface area contributed by atoms with Gasteiger partial charge in [-0.25, -0.2) is 8.42 Å². The molecule has 0 heterocycles. The molecule has 0 aliphatic heterocycles. The van der Waals surface area contributed by atoms with Crippen molar-refractivity contribution in [1.29, 1.82) is 0 Å². The van der Waals surface area contributed by atoms with E-state index in [1.807, 2.05) is 30.3 Å².